The van der Waals surface area contributed by atoms with Crippen molar-refractivity contribution >= 4 is 5.97 Å². The van der Waals surface area contributed by atoms with Crippen molar-refractivity contribution in [1.82, 2.24) is 9.78 Å². The van der Waals surface area contributed by atoms with Gasteiger partial charge in [0, 0.05) is 24.9 Å². The van der Waals surface area contributed by atoms with E-state index in [9.17, 15) is 13.6 Å². The third kappa shape index (κ3) is 2.15. The van der Waals surface area contributed by atoms with Crippen LogP contribution in [0.1, 0.15) is 10.4 Å². The van der Waals surface area contributed by atoms with Gasteiger partial charge in [0.2, 0.25) is 0 Å². The first kappa shape index (κ1) is 11.3. The third-order valence-corrected chi connectivity index (χ3v) is 2.20. The van der Waals surface area contributed by atoms with E-state index in [0.717, 1.165) is 12.1 Å². The molecule has 2 rings (SSSR count). The van der Waals surface area contributed by atoms with Gasteiger partial charge < -0.3 is 5.11 Å². The molecule has 0 atom stereocenters. The SMILES string of the molecule is Cn1cc(C(=O)O)c(-c2cc(F)cc(F)c2)n1. The summed E-state index contributed by atoms with van der Waals surface area (Å²) in [5.74, 6) is -2.75. The van der Waals surface area contributed by atoms with Crippen molar-refractivity contribution in [2.75, 3.05) is 0 Å². The Morgan fingerprint density at radius 2 is 1.88 bits per heavy atom. The normalized spacial score (nSPS) is 10.5. The number of benzene rings is 1. The number of aryl methyl sites for hydroxylation is 1. The first-order valence-electron chi connectivity index (χ1n) is 4.71. The molecule has 0 saturated carbocycles. The van der Waals surface area contributed by atoms with E-state index in [-0.39, 0.29) is 16.8 Å². The predicted octanol–water partition coefficient (Wildman–Crippen LogP) is 2.06. The summed E-state index contributed by atoms with van der Waals surface area (Å²) in [6.45, 7) is 0. The van der Waals surface area contributed by atoms with Crippen LogP contribution in [0.5, 0.6) is 0 Å². The summed E-state index contributed by atoms with van der Waals surface area (Å²) >= 11 is 0. The molecule has 0 aliphatic rings. The average Bonchev–Trinajstić information content (AvgIpc) is 2.59. The average molecular weight is 238 g/mol. The number of halogens is 2. The van der Waals surface area contributed by atoms with Crippen LogP contribution < -0.4 is 0 Å². The molecule has 0 fully saturated rings. The second-order valence-electron chi connectivity index (χ2n) is 3.53. The fourth-order valence-electron chi connectivity index (χ4n) is 1.55. The molecule has 0 spiro atoms. The van der Waals surface area contributed by atoms with E-state index in [0.29, 0.717) is 6.07 Å². The summed E-state index contributed by atoms with van der Waals surface area (Å²) in [5.41, 5.74) is 0.0383. The van der Waals surface area contributed by atoms with Crippen LogP contribution in [-0.2, 0) is 7.05 Å². The minimum absolute atomic E-state index is 0.0402. The van der Waals surface area contributed by atoms with Crippen LogP contribution in [0.2, 0.25) is 0 Å². The lowest BCUT2D eigenvalue weighted by molar-refractivity contribution is 0.0697. The summed E-state index contributed by atoms with van der Waals surface area (Å²) in [6.07, 6.45) is 1.28. The summed E-state index contributed by atoms with van der Waals surface area (Å²) in [6, 6.07) is 2.79. The molecule has 4 nitrogen and oxygen atoms in total. The number of rotatable bonds is 2. The van der Waals surface area contributed by atoms with Crippen molar-refractivity contribution in [3.05, 3.63) is 41.6 Å². The summed E-state index contributed by atoms with van der Waals surface area (Å²) in [7, 11) is 1.53. The first-order chi connectivity index (χ1) is 7.97. The van der Waals surface area contributed by atoms with Crippen LogP contribution in [0.25, 0.3) is 11.3 Å². The first-order valence-corrected chi connectivity index (χ1v) is 4.71. The highest BCUT2D eigenvalue weighted by Crippen LogP contribution is 2.23. The second kappa shape index (κ2) is 3.97. The number of hydrogen-bond acceptors (Lipinski definition) is 2. The van der Waals surface area contributed by atoms with Gasteiger partial charge in [-0.25, -0.2) is 13.6 Å². The van der Waals surface area contributed by atoms with Gasteiger partial charge in [-0.15, -0.1) is 0 Å². The standard InChI is InChI=1S/C11H8F2N2O2/c1-15-5-9(11(16)17)10(14-15)6-2-7(12)4-8(13)3-6/h2-5H,1H3,(H,16,17). The largest absolute Gasteiger partial charge is 0.478 e. The molecule has 88 valence electrons. The van der Waals surface area contributed by atoms with Gasteiger partial charge in [-0.05, 0) is 12.1 Å². The van der Waals surface area contributed by atoms with E-state index in [4.69, 9.17) is 5.11 Å². The molecule has 0 amide bonds. The van der Waals surface area contributed by atoms with E-state index in [2.05, 4.69) is 5.10 Å². The molecule has 0 aliphatic heterocycles. The molecule has 0 bridgehead atoms. The van der Waals surface area contributed by atoms with E-state index in [1.807, 2.05) is 0 Å². The van der Waals surface area contributed by atoms with Gasteiger partial charge in [0.25, 0.3) is 0 Å². The molecule has 1 aromatic heterocycles. The van der Waals surface area contributed by atoms with Gasteiger partial charge in [-0.3, -0.25) is 4.68 Å². The predicted molar refractivity (Wildman–Crippen MR) is 55.5 cm³/mol. The van der Waals surface area contributed by atoms with Gasteiger partial charge in [0.05, 0.1) is 0 Å². The Kier molecular flexibility index (Phi) is 2.63. The molecular weight excluding hydrogens is 230 g/mol. The van der Waals surface area contributed by atoms with Crippen LogP contribution in [0.3, 0.4) is 0 Å². The smallest absolute Gasteiger partial charge is 0.339 e. The van der Waals surface area contributed by atoms with E-state index in [1.165, 1.54) is 17.9 Å². The van der Waals surface area contributed by atoms with Crippen LogP contribution >= 0.6 is 0 Å². The van der Waals surface area contributed by atoms with Gasteiger partial charge >= 0.3 is 5.97 Å². The topological polar surface area (TPSA) is 55.1 Å². The molecule has 1 N–H and O–H groups in total. The van der Waals surface area contributed by atoms with E-state index < -0.39 is 17.6 Å². The lowest BCUT2D eigenvalue weighted by atomic mass is 10.1. The molecule has 6 heteroatoms. The number of carboxylic acid groups (broad SMARTS) is 1. The van der Waals surface area contributed by atoms with Crippen LogP contribution in [0, 0.1) is 11.6 Å². The number of hydrogen-bond donors (Lipinski definition) is 1. The highest BCUT2D eigenvalue weighted by Gasteiger charge is 2.17. The lowest BCUT2D eigenvalue weighted by Gasteiger charge is -1.99. The number of nitrogens with zero attached hydrogens (tertiary/aromatic N) is 2. The van der Waals surface area contributed by atoms with Gasteiger partial charge in [0.15, 0.2) is 0 Å². The number of aromatic nitrogens is 2. The summed E-state index contributed by atoms with van der Waals surface area (Å²) in [4.78, 5) is 10.9. The molecule has 1 heterocycles. The zero-order valence-corrected chi connectivity index (χ0v) is 8.82. The highest BCUT2D eigenvalue weighted by atomic mass is 19.1. The molecule has 1 aromatic carbocycles. The Morgan fingerprint density at radius 3 is 2.41 bits per heavy atom. The molecule has 17 heavy (non-hydrogen) atoms. The Bertz CT molecular complexity index is 573. The minimum Gasteiger partial charge on any atom is -0.478 e. The van der Waals surface area contributed by atoms with Gasteiger partial charge in [0.1, 0.15) is 22.9 Å². The van der Waals surface area contributed by atoms with Crippen molar-refractivity contribution in [1.29, 1.82) is 0 Å². The highest BCUT2D eigenvalue weighted by molar-refractivity contribution is 5.94. The van der Waals surface area contributed by atoms with Crippen LogP contribution in [-0.4, -0.2) is 20.9 Å². The fraction of sp³-hybridized carbons (Fsp3) is 0.0909. The monoisotopic (exact) mass is 238 g/mol. The zero-order chi connectivity index (χ0) is 12.6. The maximum atomic E-state index is 13.0. The van der Waals surface area contributed by atoms with Crippen molar-refractivity contribution in [2.45, 2.75) is 0 Å². The lowest BCUT2D eigenvalue weighted by Crippen LogP contribution is -1.97. The number of aromatic carboxylic acids is 1. The molecule has 2 aromatic rings. The summed E-state index contributed by atoms with van der Waals surface area (Å²) < 4.78 is 27.3. The Morgan fingerprint density at radius 1 is 1.29 bits per heavy atom. The Labute approximate surface area is 95.1 Å². The number of carboxylic acids is 1. The third-order valence-electron chi connectivity index (χ3n) is 2.20. The van der Waals surface area contributed by atoms with Crippen molar-refractivity contribution < 1.29 is 18.7 Å². The zero-order valence-electron chi connectivity index (χ0n) is 8.82. The van der Waals surface area contributed by atoms with E-state index >= 15 is 0 Å². The molecule has 0 saturated heterocycles. The second-order valence-corrected chi connectivity index (χ2v) is 3.53. The van der Waals surface area contributed by atoms with Crippen molar-refractivity contribution in [2.24, 2.45) is 7.05 Å². The number of carbonyl (C=O) groups is 1. The van der Waals surface area contributed by atoms with Crippen LogP contribution in [0.15, 0.2) is 24.4 Å². The maximum Gasteiger partial charge on any atom is 0.339 e. The Balaban J connectivity index is 2.63. The quantitative estimate of drug-likeness (QED) is 0.871. The van der Waals surface area contributed by atoms with Crippen LogP contribution in [0.4, 0.5) is 8.78 Å². The minimum atomic E-state index is -1.20. The Hall–Kier alpha value is -2.24. The van der Waals surface area contributed by atoms with Gasteiger partial charge in [-0.2, -0.15) is 5.10 Å². The van der Waals surface area contributed by atoms with Crippen molar-refractivity contribution in [3.8, 4) is 11.3 Å². The molecule has 0 aliphatic carbocycles. The maximum absolute atomic E-state index is 13.0. The molecule has 0 radical (unpaired) electrons. The van der Waals surface area contributed by atoms with Gasteiger partial charge in [-0.1, -0.05) is 0 Å². The molecular formula is C11H8F2N2O2. The van der Waals surface area contributed by atoms with Crippen molar-refractivity contribution in [3.63, 3.8) is 0 Å². The fourth-order valence-corrected chi connectivity index (χ4v) is 1.55. The summed E-state index contributed by atoms with van der Waals surface area (Å²) in [5, 5.41) is 12.8. The van der Waals surface area contributed by atoms with E-state index in [1.54, 1.807) is 0 Å². The molecule has 0 unspecified atom stereocenters.